The van der Waals surface area contributed by atoms with Crippen molar-refractivity contribution in [2.45, 2.75) is 38.0 Å². The van der Waals surface area contributed by atoms with Gasteiger partial charge in [-0.1, -0.05) is 29.8 Å². The second-order valence-corrected chi connectivity index (χ2v) is 6.36. The van der Waals surface area contributed by atoms with Crippen molar-refractivity contribution in [1.29, 1.82) is 0 Å². The number of nitrogens with zero attached hydrogens (tertiary/aromatic N) is 2. The van der Waals surface area contributed by atoms with Crippen LogP contribution < -0.4 is 4.90 Å². The zero-order valence-corrected chi connectivity index (χ0v) is 13.2. The number of fused-ring (bicyclic) bond motifs is 2. The third kappa shape index (κ3) is 2.29. The SMILES string of the molecule is O=C(O)C1CN(C(=O)c2noc3c2CCCCC3)c2ccccc21. The van der Waals surface area contributed by atoms with Gasteiger partial charge >= 0.3 is 5.97 Å². The van der Waals surface area contributed by atoms with E-state index >= 15 is 0 Å². The van der Waals surface area contributed by atoms with Crippen molar-refractivity contribution in [2.75, 3.05) is 11.4 Å². The van der Waals surface area contributed by atoms with Crippen LogP contribution in [0.5, 0.6) is 0 Å². The second-order valence-electron chi connectivity index (χ2n) is 6.36. The highest BCUT2D eigenvalue weighted by atomic mass is 16.5. The minimum Gasteiger partial charge on any atom is -0.481 e. The average molecular weight is 326 g/mol. The van der Waals surface area contributed by atoms with Crippen LogP contribution in [-0.4, -0.2) is 28.7 Å². The number of aryl methyl sites for hydroxylation is 1. The minimum atomic E-state index is -0.920. The summed E-state index contributed by atoms with van der Waals surface area (Å²) in [6.07, 6.45) is 4.78. The van der Waals surface area contributed by atoms with E-state index in [0.29, 0.717) is 16.9 Å². The average Bonchev–Trinajstić information content (AvgIpc) is 3.09. The van der Waals surface area contributed by atoms with E-state index in [1.807, 2.05) is 6.07 Å². The molecule has 1 aromatic heterocycles. The van der Waals surface area contributed by atoms with Crippen LogP contribution in [0.2, 0.25) is 0 Å². The molecule has 6 nitrogen and oxygen atoms in total. The summed E-state index contributed by atoms with van der Waals surface area (Å²) in [7, 11) is 0. The predicted octanol–water partition coefficient (Wildman–Crippen LogP) is 2.77. The fourth-order valence-corrected chi connectivity index (χ4v) is 3.67. The molecule has 0 spiro atoms. The van der Waals surface area contributed by atoms with Crippen molar-refractivity contribution < 1.29 is 19.2 Å². The first-order valence-electron chi connectivity index (χ1n) is 8.28. The van der Waals surface area contributed by atoms with E-state index in [-0.39, 0.29) is 12.5 Å². The van der Waals surface area contributed by atoms with Gasteiger partial charge in [-0.15, -0.1) is 0 Å². The van der Waals surface area contributed by atoms with Crippen LogP contribution in [0.1, 0.15) is 52.6 Å². The molecule has 1 unspecified atom stereocenters. The lowest BCUT2D eigenvalue weighted by Gasteiger charge is -2.16. The number of hydrogen-bond acceptors (Lipinski definition) is 4. The predicted molar refractivity (Wildman–Crippen MR) is 86.3 cm³/mol. The zero-order chi connectivity index (χ0) is 16.7. The molecule has 0 saturated carbocycles. The fraction of sp³-hybridized carbons (Fsp3) is 0.389. The Hall–Kier alpha value is -2.63. The molecule has 0 fully saturated rings. The van der Waals surface area contributed by atoms with E-state index in [1.165, 1.54) is 4.90 Å². The summed E-state index contributed by atoms with van der Waals surface area (Å²) < 4.78 is 5.40. The molecular weight excluding hydrogens is 308 g/mol. The molecule has 2 aromatic rings. The molecule has 0 radical (unpaired) electrons. The topological polar surface area (TPSA) is 83.6 Å². The molecule has 6 heteroatoms. The van der Waals surface area contributed by atoms with Crippen molar-refractivity contribution in [3.63, 3.8) is 0 Å². The summed E-state index contributed by atoms with van der Waals surface area (Å²) in [5.74, 6) is -1.08. The van der Waals surface area contributed by atoms with Gasteiger partial charge < -0.3 is 14.5 Å². The highest BCUT2D eigenvalue weighted by molar-refractivity contribution is 6.08. The number of carboxylic acids is 1. The summed E-state index contributed by atoms with van der Waals surface area (Å²) in [6, 6.07) is 7.16. The number of aromatic nitrogens is 1. The number of carboxylic acid groups (broad SMARTS) is 1. The number of hydrogen-bond donors (Lipinski definition) is 1. The summed E-state index contributed by atoms with van der Waals surface area (Å²) in [4.78, 5) is 26.1. The quantitative estimate of drug-likeness (QED) is 0.858. The van der Waals surface area contributed by atoms with Gasteiger partial charge in [0.15, 0.2) is 5.69 Å². The maximum Gasteiger partial charge on any atom is 0.312 e. The van der Waals surface area contributed by atoms with Crippen LogP contribution in [0.25, 0.3) is 0 Å². The molecule has 1 N–H and O–H groups in total. The number of para-hydroxylation sites is 1. The molecule has 0 bridgehead atoms. The van der Waals surface area contributed by atoms with Gasteiger partial charge in [-0.05, 0) is 30.9 Å². The second kappa shape index (κ2) is 5.78. The Bertz CT molecular complexity index is 811. The van der Waals surface area contributed by atoms with E-state index in [0.717, 1.165) is 43.4 Å². The molecule has 2 heterocycles. The summed E-state index contributed by atoms with van der Waals surface area (Å²) in [5.41, 5.74) is 2.56. The Morgan fingerprint density at radius 3 is 2.79 bits per heavy atom. The highest BCUT2D eigenvalue weighted by Gasteiger charge is 2.38. The van der Waals surface area contributed by atoms with Crippen LogP contribution >= 0.6 is 0 Å². The van der Waals surface area contributed by atoms with Crippen molar-refractivity contribution in [2.24, 2.45) is 0 Å². The first kappa shape index (κ1) is 14.9. The van der Waals surface area contributed by atoms with Crippen LogP contribution in [0.3, 0.4) is 0 Å². The Morgan fingerprint density at radius 2 is 1.96 bits per heavy atom. The monoisotopic (exact) mass is 326 g/mol. The van der Waals surface area contributed by atoms with E-state index < -0.39 is 11.9 Å². The number of aliphatic carboxylic acids is 1. The van der Waals surface area contributed by atoms with E-state index in [2.05, 4.69) is 5.16 Å². The standard InChI is InChI=1S/C18H18N2O4/c21-17(16-12-7-2-1-3-9-15(12)24-19-16)20-10-13(18(22)23)11-6-4-5-8-14(11)20/h4-6,8,13H,1-3,7,9-10H2,(H,22,23). The van der Waals surface area contributed by atoms with Crippen molar-refractivity contribution in [3.8, 4) is 0 Å². The maximum absolute atomic E-state index is 13.0. The molecule has 4 rings (SSSR count). The first-order chi connectivity index (χ1) is 11.7. The Balaban J connectivity index is 1.71. The van der Waals surface area contributed by atoms with Crippen LogP contribution in [0.15, 0.2) is 28.8 Å². The minimum absolute atomic E-state index is 0.134. The van der Waals surface area contributed by atoms with Gasteiger partial charge in [-0.3, -0.25) is 9.59 Å². The van der Waals surface area contributed by atoms with Crippen molar-refractivity contribution in [1.82, 2.24) is 5.16 Å². The molecule has 1 aliphatic heterocycles. The normalized spacial score (nSPS) is 19.5. The number of anilines is 1. The first-order valence-corrected chi connectivity index (χ1v) is 8.28. The van der Waals surface area contributed by atoms with Gasteiger partial charge in [0.1, 0.15) is 11.7 Å². The Labute approximate surface area is 139 Å². The Kier molecular flexibility index (Phi) is 3.59. The van der Waals surface area contributed by atoms with E-state index in [1.54, 1.807) is 18.2 Å². The molecule has 1 aliphatic carbocycles. The molecule has 1 atom stereocenters. The summed E-state index contributed by atoms with van der Waals surface area (Å²) >= 11 is 0. The van der Waals surface area contributed by atoms with Crippen LogP contribution in [0, 0.1) is 0 Å². The number of carbonyl (C=O) groups is 2. The molecule has 1 aromatic carbocycles. The van der Waals surface area contributed by atoms with E-state index in [9.17, 15) is 14.7 Å². The van der Waals surface area contributed by atoms with Crippen molar-refractivity contribution >= 4 is 17.6 Å². The molecule has 1 amide bonds. The van der Waals surface area contributed by atoms with Gasteiger partial charge in [-0.25, -0.2) is 0 Å². The molecular formula is C18H18N2O4. The smallest absolute Gasteiger partial charge is 0.312 e. The van der Waals surface area contributed by atoms with Crippen LogP contribution in [-0.2, 0) is 17.6 Å². The Morgan fingerprint density at radius 1 is 1.17 bits per heavy atom. The zero-order valence-electron chi connectivity index (χ0n) is 13.2. The lowest BCUT2D eigenvalue weighted by atomic mass is 10.0. The fourth-order valence-electron chi connectivity index (χ4n) is 3.67. The van der Waals surface area contributed by atoms with Gasteiger partial charge in [0.2, 0.25) is 0 Å². The van der Waals surface area contributed by atoms with Crippen molar-refractivity contribution in [3.05, 3.63) is 46.8 Å². The molecule has 2 aliphatic rings. The maximum atomic E-state index is 13.0. The van der Waals surface area contributed by atoms with Gasteiger partial charge in [-0.2, -0.15) is 0 Å². The van der Waals surface area contributed by atoms with Gasteiger partial charge in [0.05, 0.1) is 0 Å². The highest BCUT2D eigenvalue weighted by Crippen LogP contribution is 2.37. The number of amides is 1. The summed E-state index contributed by atoms with van der Waals surface area (Å²) in [6.45, 7) is 0.134. The molecule has 124 valence electrons. The lowest BCUT2D eigenvalue weighted by Crippen LogP contribution is -2.32. The third-order valence-corrected chi connectivity index (χ3v) is 4.91. The lowest BCUT2D eigenvalue weighted by molar-refractivity contribution is -0.138. The number of benzene rings is 1. The summed E-state index contributed by atoms with van der Waals surface area (Å²) in [5, 5.41) is 13.5. The van der Waals surface area contributed by atoms with E-state index in [4.69, 9.17) is 4.52 Å². The number of rotatable bonds is 2. The molecule has 24 heavy (non-hydrogen) atoms. The largest absolute Gasteiger partial charge is 0.481 e. The molecule has 0 saturated heterocycles. The van der Waals surface area contributed by atoms with Crippen LogP contribution in [0.4, 0.5) is 5.69 Å². The van der Waals surface area contributed by atoms with Gasteiger partial charge in [0, 0.05) is 24.2 Å². The number of carbonyl (C=O) groups excluding carboxylic acids is 1. The van der Waals surface area contributed by atoms with Gasteiger partial charge in [0.25, 0.3) is 5.91 Å². The third-order valence-electron chi connectivity index (χ3n) is 4.91.